The predicted octanol–water partition coefficient (Wildman–Crippen LogP) is 2.20. The lowest BCUT2D eigenvalue weighted by Crippen LogP contribution is -2.44. The summed E-state index contributed by atoms with van der Waals surface area (Å²) in [5, 5.41) is 7.02. The van der Waals surface area contributed by atoms with Crippen LogP contribution in [0, 0.1) is 6.92 Å². The summed E-state index contributed by atoms with van der Waals surface area (Å²) in [5.74, 6) is 0. The van der Waals surface area contributed by atoms with Crippen molar-refractivity contribution in [2.45, 2.75) is 38.8 Å². The van der Waals surface area contributed by atoms with Gasteiger partial charge in [-0.3, -0.25) is 0 Å². The smallest absolute Gasteiger partial charge is 0.110 e. The Morgan fingerprint density at radius 3 is 3.06 bits per heavy atom. The number of likely N-dealkylation sites (tertiary alicyclic amines) is 1. The van der Waals surface area contributed by atoms with Crippen molar-refractivity contribution in [3.63, 3.8) is 0 Å². The van der Waals surface area contributed by atoms with Gasteiger partial charge in [-0.2, -0.15) is 0 Å². The molecule has 2 atom stereocenters. The van der Waals surface area contributed by atoms with E-state index < -0.39 is 0 Å². The van der Waals surface area contributed by atoms with Crippen LogP contribution in [0.2, 0.25) is 0 Å². The van der Waals surface area contributed by atoms with Crippen LogP contribution in [0.25, 0.3) is 0 Å². The van der Waals surface area contributed by atoms with Gasteiger partial charge >= 0.3 is 0 Å². The minimum atomic E-state index is 0.384. The van der Waals surface area contributed by atoms with Crippen LogP contribution in [0.5, 0.6) is 0 Å². The largest absolute Gasteiger partial charge is 0.305 e. The second-order valence-electron chi connectivity index (χ2n) is 4.82. The van der Waals surface area contributed by atoms with Gasteiger partial charge in [0.15, 0.2) is 0 Å². The lowest BCUT2D eigenvalue weighted by atomic mass is 10.1. The first-order chi connectivity index (χ1) is 7.65. The van der Waals surface area contributed by atoms with Crippen LogP contribution in [0.4, 0.5) is 0 Å². The van der Waals surface area contributed by atoms with Gasteiger partial charge in [0.25, 0.3) is 0 Å². The SMILES string of the molecule is Cc1csc(C(C)NC2CCCN(C)C2)n1. The first-order valence-corrected chi connectivity index (χ1v) is 6.89. The molecule has 0 bridgehead atoms. The van der Waals surface area contributed by atoms with Gasteiger partial charge in [-0.25, -0.2) is 4.98 Å². The van der Waals surface area contributed by atoms with Crippen molar-refractivity contribution in [3.8, 4) is 0 Å². The average molecular weight is 239 g/mol. The molecular weight excluding hydrogens is 218 g/mol. The second kappa shape index (κ2) is 5.25. The minimum absolute atomic E-state index is 0.384. The zero-order valence-electron chi connectivity index (χ0n) is 10.4. The van der Waals surface area contributed by atoms with Crippen LogP contribution in [0.3, 0.4) is 0 Å². The van der Waals surface area contributed by atoms with Gasteiger partial charge in [0.05, 0.1) is 6.04 Å². The number of piperidine rings is 1. The lowest BCUT2D eigenvalue weighted by Gasteiger charge is -2.31. The Labute approximate surface area is 102 Å². The summed E-state index contributed by atoms with van der Waals surface area (Å²) < 4.78 is 0. The van der Waals surface area contributed by atoms with Gasteiger partial charge in [0.1, 0.15) is 5.01 Å². The molecule has 0 aromatic carbocycles. The summed E-state index contributed by atoms with van der Waals surface area (Å²) in [6, 6.07) is 1.01. The topological polar surface area (TPSA) is 28.2 Å². The van der Waals surface area contributed by atoms with Crippen molar-refractivity contribution >= 4 is 11.3 Å². The molecule has 2 unspecified atom stereocenters. The van der Waals surface area contributed by atoms with Gasteiger partial charge in [-0.15, -0.1) is 11.3 Å². The molecule has 1 N–H and O–H groups in total. The summed E-state index contributed by atoms with van der Waals surface area (Å²) in [4.78, 5) is 6.94. The van der Waals surface area contributed by atoms with Gasteiger partial charge < -0.3 is 10.2 Å². The molecule has 1 fully saturated rings. The Kier molecular flexibility index (Phi) is 3.95. The second-order valence-corrected chi connectivity index (χ2v) is 5.71. The third kappa shape index (κ3) is 3.03. The molecule has 1 saturated heterocycles. The first-order valence-electron chi connectivity index (χ1n) is 6.02. The van der Waals surface area contributed by atoms with Crippen molar-refractivity contribution in [1.29, 1.82) is 0 Å². The Balaban J connectivity index is 1.89. The van der Waals surface area contributed by atoms with Crippen LogP contribution in [0.15, 0.2) is 5.38 Å². The molecule has 1 aromatic rings. The van der Waals surface area contributed by atoms with Crippen LogP contribution < -0.4 is 5.32 Å². The van der Waals surface area contributed by atoms with Gasteiger partial charge in [-0.1, -0.05) is 0 Å². The molecule has 0 aliphatic carbocycles. The lowest BCUT2D eigenvalue weighted by molar-refractivity contribution is 0.218. The normalized spacial score (nSPS) is 24.6. The highest BCUT2D eigenvalue weighted by Gasteiger charge is 2.20. The molecule has 2 heterocycles. The number of aromatic nitrogens is 1. The molecule has 2 rings (SSSR count). The number of likely N-dealkylation sites (N-methyl/N-ethyl adjacent to an activating group) is 1. The molecule has 0 radical (unpaired) electrons. The highest BCUT2D eigenvalue weighted by molar-refractivity contribution is 7.09. The fraction of sp³-hybridized carbons (Fsp3) is 0.750. The third-order valence-electron chi connectivity index (χ3n) is 3.12. The number of hydrogen-bond donors (Lipinski definition) is 1. The maximum Gasteiger partial charge on any atom is 0.110 e. The molecule has 1 aliphatic heterocycles. The minimum Gasteiger partial charge on any atom is -0.305 e. The van der Waals surface area contributed by atoms with E-state index in [4.69, 9.17) is 0 Å². The number of hydrogen-bond acceptors (Lipinski definition) is 4. The van der Waals surface area contributed by atoms with Crippen LogP contribution in [-0.4, -0.2) is 36.1 Å². The number of rotatable bonds is 3. The van der Waals surface area contributed by atoms with Gasteiger partial charge in [-0.05, 0) is 40.3 Å². The van der Waals surface area contributed by atoms with E-state index in [0.29, 0.717) is 12.1 Å². The van der Waals surface area contributed by atoms with Crippen molar-refractivity contribution in [3.05, 3.63) is 16.1 Å². The van der Waals surface area contributed by atoms with Crippen molar-refractivity contribution in [2.24, 2.45) is 0 Å². The van der Waals surface area contributed by atoms with E-state index in [2.05, 4.69) is 41.5 Å². The molecule has 0 spiro atoms. The van der Waals surface area contributed by atoms with Gasteiger partial charge in [0, 0.05) is 23.7 Å². The number of nitrogens with one attached hydrogen (secondary N) is 1. The summed E-state index contributed by atoms with van der Waals surface area (Å²) in [6.07, 6.45) is 2.59. The van der Waals surface area contributed by atoms with E-state index >= 15 is 0 Å². The van der Waals surface area contributed by atoms with E-state index in [1.54, 1.807) is 11.3 Å². The summed E-state index contributed by atoms with van der Waals surface area (Å²) in [6.45, 7) is 6.67. The van der Waals surface area contributed by atoms with E-state index in [-0.39, 0.29) is 0 Å². The maximum atomic E-state index is 4.54. The van der Waals surface area contributed by atoms with Crippen LogP contribution in [0.1, 0.15) is 36.5 Å². The zero-order valence-corrected chi connectivity index (χ0v) is 11.2. The molecule has 3 nitrogen and oxygen atoms in total. The summed E-state index contributed by atoms with van der Waals surface area (Å²) in [7, 11) is 2.20. The Bertz CT molecular complexity index is 337. The van der Waals surface area contributed by atoms with Crippen molar-refractivity contribution in [1.82, 2.24) is 15.2 Å². The molecule has 0 saturated carbocycles. The highest BCUT2D eigenvalue weighted by Crippen LogP contribution is 2.19. The van der Waals surface area contributed by atoms with E-state index in [1.807, 2.05) is 0 Å². The molecule has 1 aromatic heterocycles. The standard InChI is InChI=1S/C12H21N3S/c1-9-8-16-12(13-9)10(2)14-11-5-4-6-15(3)7-11/h8,10-11,14H,4-7H2,1-3H3. The summed E-state index contributed by atoms with van der Waals surface area (Å²) in [5.41, 5.74) is 1.13. The zero-order chi connectivity index (χ0) is 11.5. The quantitative estimate of drug-likeness (QED) is 0.876. The van der Waals surface area contributed by atoms with Crippen LogP contribution >= 0.6 is 11.3 Å². The fourth-order valence-corrected chi connectivity index (χ4v) is 3.11. The molecule has 16 heavy (non-hydrogen) atoms. The average Bonchev–Trinajstić information content (AvgIpc) is 2.65. The molecule has 90 valence electrons. The fourth-order valence-electron chi connectivity index (χ4n) is 2.30. The van der Waals surface area contributed by atoms with Gasteiger partial charge in [0.2, 0.25) is 0 Å². The molecule has 4 heteroatoms. The predicted molar refractivity (Wildman–Crippen MR) is 68.9 cm³/mol. The van der Waals surface area contributed by atoms with E-state index in [0.717, 1.165) is 12.2 Å². The number of nitrogens with zero attached hydrogens (tertiary/aromatic N) is 2. The van der Waals surface area contributed by atoms with Crippen molar-refractivity contribution < 1.29 is 0 Å². The molecule has 0 amide bonds. The summed E-state index contributed by atoms with van der Waals surface area (Å²) >= 11 is 1.76. The Morgan fingerprint density at radius 1 is 1.62 bits per heavy atom. The number of aryl methyl sites for hydroxylation is 1. The molecule has 1 aliphatic rings. The highest BCUT2D eigenvalue weighted by atomic mass is 32.1. The number of thiazole rings is 1. The van der Waals surface area contributed by atoms with E-state index in [1.165, 1.54) is 24.4 Å². The maximum absolute atomic E-state index is 4.54. The monoisotopic (exact) mass is 239 g/mol. The first kappa shape index (κ1) is 12.0. The third-order valence-corrected chi connectivity index (χ3v) is 4.26. The van der Waals surface area contributed by atoms with E-state index in [9.17, 15) is 0 Å². The Hall–Kier alpha value is -0.450. The van der Waals surface area contributed by atoms with Crippen molar-refractivity contribution in [2.75, 3.05) is 20.1 Å². The van der Waals surface area contributed by atoms with Crippen LogP contribution in [-0.2, 0) is 0 Å². The molecular formula is C12H21N3S. The Morgan fingerprint density at radius 2 is 2.44 bits per heavy atom.